The molecule has 0 aliphatic heterocycles. The number of imide groups is 1. The quantitative estimate of drug-likeness (QED) is 0.517. The Hall–Kier alpha value is -1.77. The van der Waals surface area contributed by atoms with Gasteiger partial charge in [-0.3, -0.25) is 10.1 Å². The van der Waals surface area contributed by atoms with Crippen LogP contribution in [0.25, 0.3) is 0 Å². The molecular formula is C14H16Cl3N4O4+. The molecule has 0 spiro atoms. The Labute approximate surface area is 158 Å². The average molecular weight is 411 g/mol. The van der Waals surface area contributed by atoms with E-state index in [-0.39, 0.29) is 32.6 Å². The van der Waals surface area contributed by atoms with Crippen LogP contribution in [0.4, 0.5) is 10.5 Å². The van der Waals surface area contributed by atoms with Crippen molar-refractivity contribution in [2.45, 2.75) is 31.7 Å². The molecule has 1 aliphatic rings. The molecule has 1 fully saturated rings. The maximum atomic E-state index is 12.0. The third-order valence-electron chi connectivity index (χ3n) is 3.60. The van der Waals surface area contributed by atoms with Crippen molar-refractivity contribution in [1.82, 2.24) is 10.6 Å². The van der Waals surface area contributed by atoms with Gasteiger partial charge in [-0.05, 0) is 24.4 Å². The number of nitrogens with two attached hydrogens (primary N) is 1. The zero-order valence-electron chi connectivity index (χ0n) is 13.0. The molecule has 2 rings (SSSR count). The SMILES string of the molecule is Nc1c(Cl)c(Cl)[nH+]c(C(=O)OCC(=O)NC(=O)NC2CCCC2)c1Cl. The first-order valence-corrected chi connectivity index (χ1v) is 8.55. The standard InChI is InChI=1S/C14H15Cl3N4O4/c15-8-10(18)9(16)12(17)21-11(8)13(23)25-5-7(22)20-14(24)19-6-3-1-2-4-6/h6H,1-5H2,(H2,18,21)(H2,19,20,22,24)/p+1. The molecule has 0 atom stereocenters. The molecule has 25 heavy (non-hydrogen) atoms. The molecule has 0 unspecified atom stereocenters. The van der Waals surface area contributed by atoms with Gasteiger partial charge in [0.1, 0.15) is 10.0 Å². The number of urea groups is 1. The fourth-order valence-electron chi connectivity index (χ4n) is 2.37. The second-order valence-corrected chi connectivity index (χ2v) is 6.57. The predicted octanol–water partition coefficient (Wildman–Crippen LogP) is 1.97. The zero-order chi connectivity index (χ0) is 18.6. The average Bonchev–Trinajstić information content (AvgIpc) is 3.06. The van der Waals surface area contributed by atoms with E-state index in [1.54, 1.807) is 0 Å². The summed E-state index contributed by atoms with van der Waals surface area (Å²) in [6.07, 6.45) is 3.84. The van der Waals surface area contributed by atoms with Gasteiger partial charge in [0.2, 0.25) is 0 Å². The van der Waals surface area contributed by atoms with E-state index in [0.29, 0.717) is 0 Å². The van der Waals surface area contributed by atoms with Crippen molar-refractivity contribution in [2.75, 3.05) is 12.3 Å². The number of halogens is 3. The highest BCUT2D eigenvalue weighted by Gasteiger charge is 2.28. The third-order valence-corrected chi connectivity index (χ3v) is 4.77. The molecule has 1 aromatic heterocycles. The largest absolute Gasteiger partial charge is 0.448 e. The van der Waals surface area contributed by atoms with Gasteiger partial charge >= 0.3 is 17.7 Å². The van der Waals surface area contributed by atoms with Gasteiger partial charge in [0.25, 0.3) is 11.1 Å². The lowest BCUT2D eigenvalue weighted by atomic mass is 10.2. The second-order valence-electron chi connectivity index (χ2n) is 5.43. The minimum Gasteiger partial charge on any atom is -0.448 e. The van der Waals surface area contributed by atoms with Crippen LogP contribution in [0.3, 0.4) is 0 Å². The summed E-state index contributed by atoms with van der Waals surface area (Å²) < 4.78 is 4.79. The van der Waals surface area contributed by atoms with Crippen LogP contribution in [0.15, 0.2) is 0 Å². The predicted molar refractivity (Wildman–Crippen MR) is 91.7 cm³/mol. The van der Waals surface area contributed by atoms with Gasteiger partial charge < -0.3 is 15.8 Å². The van der Waals surface area contributed by atoms with E-state index in [4.69, 9.17) is 45.3 Å². The van der Waals surface area contributed by atoms with Crippen LogP contribution in [0.1, 0.15) is 36.2 Å². The number of hydrogen-bond acceptors (Lipinski definition) is 5. The summed E-state index contributed by atoms with van der Waals surface area (Å²) in [5, 5.41) is 4.43. The van der Waals surface area contributed by atoms with Crippen molar-refractivity contribution in [3.8, 4) is 0 Å². The van der Waals surface area contributed by atoms with Crippen LogP contribution in [0.5, 0.6) is 0 Å². The Balaban J connectivity index is 1.87. The van der Waals surface area contributed by atoms with E-state index in [1.165, 1.54) is 0 Å². The number of esters is 1. The number of amides is 3. The number of carbonyl (C=O) groups is 3. The minimum atomic E-state index is -0.971. The van der Waals surface area contributed by atoms with Crippen LogP contribution in [0.2, 0.25) is 15.2 Å². The smallest absolute Gasteiger partial charge is 0.405 e. The number of carbonyl (C=O) groups excluding carboxylic acids is 3. The fourth-order valence-corrected chi connectivity index (χ4v) is 2.97. The number of nitrogens with one attached hydrogen (secondary N) is 3. The van der Waals surface area contributed by atoms with Gasteiger partial charge in [0.15, 0.2) is 6.61 Å². The van der Waals surface area contributed by atoms with Crippen molar-refractivity contribution < 1.29 is 24.1 Å². The highest BCUT2D eigenvalue weighted by Crippen LogP contribution is 2.32. The Morgan fingerprint density at radius 2 is 1.80 bits per heavy atom. The summed E-state index contributed by atoms with van der Waals surface area (Å²) in [5.41, 5.74) is 5.26. The Kier molecular flexibility index (Phi) is 6.69. The lowest BCUT2D eigenvalue weighted by Gasteiger charge is -2.12. The Morgan fingerprint density at radius 3 is 2.44 bits per heavy atom. The number of aromatic amines is 1. The molecule has 8 nitrogen and oxygen atoms in total. The van der Waals surface area contributed by atoms with E-state index in [2.05, 4.69) is 15.6 Å². The van der Waals surface area contributed by atoms with E-state index >= 15 is 0 Å². The third kappa shape index (κ3) is 5.10. The summed E-state index contributed by atoms with van der Waals surface area (Å²) >= 11 is 17.5. The topological polar surface area (TPSA) is 125 Å². The number of rotatable bonds is 4. The molecule has 3 amide bonds. The number of nitrogen functional groups attached to an aromatic ring is 1. The summed E-state index contributed by atoms with van der Waals surface area (Å²) in [6, 6.07) is -0.570. The van der Waals surface area contributed by atoms with Crippen molar-refractivity contribution in [3.05, 3.63) is 20.9 Å². The van der Waals surface area contributed by atoms with Crippen LogP contribution < -0.4 is 21.4 Å². The number of hydrogen-bond donors (Lipinski definition) is 3. The molecule has 0 saturated heterocycles. The molecule has 0 bridgehead atoms. The van der Waals surface area contributed by atoms with Crippen molar-refractivity contribution in [2.24, 2.45) is 0 Å². The van der Waals surface area contributed by atoms with Crippen LogP contribution in [-0.4, -0.2) is 30.6 Å². The second kappa shape index (κ2) is 8.55. The lowest BCUT2D eigenvalue weighted by Crippen LogP contribution is -2.45. The van der Waals surface area contributed by atoms with E-state index in [0.717, 1.165) is 25.7 Å². The molecule has 0 aromatic carbocycles. The maximum Gasteiger partial charge on any atom is 0.405 e. The molecule has 1 aliphatic carbocycles. The molecule has 1 saturated carbocycles. The minimum absolute atomic E-state index is 0.0375. The molecule has 11 heteroatoms. The molecule has 1 aromatic rings. The van der Waals surface area contributed by atoms with Gasteiger partial charge in [-0.15, -0.1) is 0 Å². The number of pyridine rings is 1. The van der Waals surface area contributed by atoms with Crippen molar-refractivity contribution >= 4 is 58.4 Å². The van der Waals surface area contributed by atoms with E-state index in [1.807, 2.05) is 0 Å². The maximum absolute atomic E-state index is 12.0. The first-order valence-electron chi connectivity index (χ1n) is 7.42. The van der Waals surface area contributed by atoms with Gasteiger partial charge in [0, 0.05) is 6.04 Å². The van der Waals surface area contributed by atoms with Crippen molar-refractivity contribution in [3.63, 3.8) is 0 Å². The van der Waals surface area contributed by atoms with Crippen LogP contribution in [0, 0.1) is 0 Å². The van der Waals surface area contributed by atoms with Crippen molar-refractivity contribution in [1.29, 1.82) is 0 Å². The van der Waals surface area contributed by atoms with E-state index < -0.39 is 24.5 Å². The summed E-state index contributed by atoms with van der Waals surface area (Å²) in [7, 11) is 0. The fraction of sp³-hybridized carbons (Fsp3) is 0.429. The summed E-state index contributed by atoms with van der Waals surface area (Å²) in [5.74, 6) is -1.75. The number of ether oxygens (including phenoxy) is 1. The Morgan fingerprint density at radius 1 is 1.16 bits per heavy atom. The molecular weight excluding hydrogens is 395 g/mol. The first kappa shape index (κ1) is 19.6. The van der Waals surface area contributed by atoms with Gasteiger partial charge in [-0.2, -0.15) is 4.98 Å². The first-order chi connectivity index (χ1) is 11.8. The van der Waals surface area contributed by atoms with E-state index in [9.17, 15) is 14.4 Å². The highest BCUT2D eigenvalue weighted by molar-refractivity contribution is 6.45. The highest BCUT2D eigenvalue weighted by atomic mass is 35.5. The lowest BCUT2D eigenvalue weighted by molar-refractivity contribution is -0.380. The monoisotopic (exact) mass is 409 g/mol. The number of anilines is 1. The molecule has 1 heterocycles. The number of aromatic nitrogens is 1. The number of H-pyrrole nitrogens is 1. The summed E-state index contributed by atoms with van der Waals surface area (Å²) in [4.78, 5) is 37.7. The zero-order valence-corrected chi connectivity index (χ0v) is 15.2. The van der Waals surface area contributed by atoms with Crippen LogP contribution in [-0.2, 0) is 9.53 Å². The molecule has 136 valence electrons. The van der Waals surface area contributed by atoms with Crippen LogP contribution >= 0.6 is 34.8 Å². The van der Waals surface area contributed by atoms with Gasteiger partial charge in [-0.1, -0.05) is 36.0 Å². The normalized spacial score (nSPS) is 14.2. The Bertz CT molecular complexity index is 708. The molecule has 0 radical (unpaired) electrons. The van der Waals surface area contributed by atoms with Gasteiger partial charge in [0.05, 0.1) is 5.69 Å². The summed E-state index contributed by atoms with van der Waals surface area (Å²) in [6.45, 7) is -0.679. The van der Waals surface area contributed by atoms with Gasteiger partial charge in [-0.25, -0.2) is 9.59 Å². The molecule has 5 N–H and O–H groups in total.